The molecule has 0 fully saturated rings. The molecular formula is C12H19FN2OS. The minimum Gasteiger partial charge on any atom is -0.308 e. The van der Waals surface area contributed by atoms with E-state index in [1.165, 1.54) is 12.3 Å². The summed E-state index contributed by atoms with van der Waals surface area (Å²) in [7, 11) is -0.748. The molecule has 5 heteroatoms. The summed E-state index contributed by atoms with van der Waals surface area (Å²) in [5.41, 5.74) is 0.830. The van der Waals surface area contributed by atoms with Crippen LogP contribution in [0.3, 0.4) is 0 Å². The number of pyridine rings is 1. The van der Waals surface area contributed by atoms with Crippen LogP contribution in [0.2, 0.25) is 0 Å². The van der Waals surface area contributed by atoms with Crippen molar-refractivity contribution in [1.29, 1.82) is 0 Å². The number of nitrogens with one attached hydrogen (secondary N) is 1. The number of halogens is 1. The van der Waals surface area contributed by atoms with Crippen LogP contribution in [0, 0.1) is 5.82 Å². The Labute approximate surface area is 104 Å². The van der Waals surface area contributed by atoms with E-state index in [2.05, 4.69) is 10.3 Å². The van der Waals surface area contributed by atoms with Crippen LogP contribution in [-0.4, -0.2) is 27.2 Å². The maximum absolute atomic E-state index is 12.7. The molecule has 1 heterocycles. The molecule has 0 spiro atoms. The van der Waals surface area contributed by atoms with Gasteiger partial charge in [-0.2, -0.15) is 0 Å². The highest BCUT2D eigenvalue weighted by Crippen LogP contribution is 2.13. The molecule has 0 saturated carbocycles. The van der Waals surface area contributed by atoms with Crippen molar-refractivity contribution in [2.75, 3.05) is 18.1 Å². The SMILES string of the molecule is CCC(NCCS(=O)CC)c1ccc(F)cn1. The molecule has 96 valence electrons. The zero-order chi connectivity index (χ0) is 12.7. The molecule has 0 radical (unpaired) electrons. The number of aromatic nitrogens is 1. The highest BCUT2D eigenvalue weighted by atomic mass is 32.2. The second kappa shape index (κ2) is 7.50. The molecule has 1 N–H and O–H groups in total. The summed E-state index contributed by atoms with van der Waals surface area (Å²) in [6.45, 7) is 4.65. The van der Waals surface area contributed by atoms with Crippen molar-refractivity contribution in [3.63, 3.8) is 0 Å². The van der Waals surface area contributed by atoms with E-state index in [-0.39, 0.29) is 11.9 Å². The smallest absolute Gasteiger partial charge is 0.141 e. The van der Waals surface area contributed by atoms with Crippen LogP contribution in [0.15, 0.2) is 18.3 Å². The maximum Gasteiger partial charge on any atom is 0.141 e. The van der Waals surface area contributed by atoms with Gasteiger partial charge in [-0.15, -0.1) is 0 Å². The molecule has 0 bridgehead atoms. The Hall–Kier alpha value is -0.810. The lowest BCUT2D eigenvalue weighted by Crippen LogP contribution is -2.26. The third-order valence-corrected chi connectivity index (χ3v) is 3.86. The van der Waals surface area contributed by atoms with E-state index in [4.69, 9.17) is 0 Å². The molecule has 0 aliphatic rings. The van der Waals surface area contributed by atoms with Crippen LogP contribution >= 0.6 is 0 Å². The average molecular weight is 258 g/mol. The van der Waals surface area contributed by atoms with Gasteiger partial charge in [0.15, 0.2) is 0 Å². The Balaban J connectivity index is 2.48. The minimum absolute atomic E-state index is 0.101. The second-order valence-corrected chi connectivity index (χ2v) is 5.61. The first-order chi connectivity index (χ1) is 8.17. The molecule has 0 aliphatic carbocycles. The molecule has 2 unspecified atom stereocenters. The lowest BCUT2D eigenvalue weighted by Gasteiger charge is -2.16. The Morgan fingerprint density at radius 3 is 2.76 bits per heavy atom. The van der Waals surface area contributed by atoms with Gasteiger partial charge in [0.25, 0.3) is 0 Å². The fourth-order valence-corrected chi connectivity index (χ4v) is 2.18. The standard InChI is InChI=1S/C12H19FN2OS/c1-3-11(14-7-8-17(16)4-2)12-6-5-10(13)9-15-12/h5-6,9,11,14H,3-4,7-8H2,1-2H3. The molecule has 1 aromatic heterocycles. The third-order valence-electron chi connectivity index (χ3n) is 2.56. The molecular weight excluding hydrogens is 239 g/mol. The van der Waals surface area contributed by atoms with Gasteiger partial charge in [-0.1, -0.05) is 13.8 Å². The number of nitrogens with zero attached hydrogens (tertiary/aromatic N) is 1. The van der Waals surface area contributed by atoms with E-state index in [0.717, 1.165) is 12.1 Å². The quantitative estimate of drug-likeness (QED) is 0.813. The highest BCUT2D eigenvalue weighted by molar-refractivity contribution is 7.84. The normalized spacial score (nSPS) is 14.5. The van der Waals surface area contributed by atoms with Crippen molar-refractivity contribution in [3.8, 4) is 0 Å². The molecule has 0 saturated heterocycles. The van der Waals surface area contributed by atoms with Gasteiger partial charge in [0.1, 0.15) is 5.82 Å². The molecule has 0 aliphatic heterocycles. The molecule has 3 nitrogen and oxygen atoms in total. The molecule has 2 atom stereocenters. The summed E-state index contributed by atoms with van der Waals surface area (Å²) in [6.07, 6.45) is 2.10. The van der Waals surface area contributed by atoms with Crippen molar-refractivity contribution in [2.24, 2.45) is 0 Å². The Morgan fingerprint density at radius 2 is 2.24 bits per heavy atom. The van der Waals surface area contributed by atoms with Gasteiger partial charge in [0.2, 0.25) is 0 Å². The Morgan fingerprint density at radius 1 is 1.47 bits per heavy atom. The van der Waals surface area contributed by atoms with Gasteiger partial charge in [-0.25, -0.2) is 4.39 Å². The monoisotopic (exact) mass is 258 g/mol. The fourth-order valence-electron chi connectivity index (χ4n) is 1.54. The Bertz CT molecular complexity index is 356. The van der Waals surface area contributed by atoms with Crippen molar-refractivity contribution in [1.82, 2.24) is 10.3 Å². The molecule has 1 aromatic rings. The van der Waals surface area contributed by atoms with E-state index in [1.54, 1.807) is 6.07 Å². The van der Waals surface area contributed by atoms with Gasteiger partial charge in [0.05, 0.1) is 11.9 Å². The van der Waals surface area contributed by atoms with Crippen LogP contribution in [0.25, 0.3) is 0 Å². The maximum atomic E-state index is 12.7. The number of rotatable bonds is 7. The first-order valence-corrected chi connectivity index (χ1v) is 7.36. The van der Waals surface area contributed by atoms with Gasteiger partial charge in [-0.05, 0) is 18.6 Å². The van der Waals surface area contributed by atoms with Crippen molar-refractivity contribution >= 4 is 10.8 Å². The first-order valence-electron chi connectivity index (χ1n) is 5.87. The van der Waals surface area contributed by atoms with Crippen LogP contribution in [-0.2, 0) is 10.8 Å². The van der Waals surface area contributed by atoms with Crippen molar-refractivity contribution in [2.45, 2.75) is 26.3 Å². The van der Waals surface area contributed by atoms with Crippen LogP contribution in [0.5, 0.6) is 0 Å². The van der Waals surface area contributed by atoms with Gasteiger partial charge in [0, 0.05) is 34.9 Å². The van der Waals surface area contributed by atoms with Crippen molar-refractivity contribution < 1.29 is 8.60 Å². The van der Waals surface area contributed by atoms with Crippen LogP contribution < -0.4 is 5.32 Å². The predicted molar refractivity (Wildman–Crippen MR) is 68.8 cm³/mol. The van der Waals surface area contributed by atoms with E-state index in [1.807, 2.05) is 13.8 Å². The summed E-state index contributed by atoms with van der Waals surface area (Å²) in [5, 5.41) is 3.29. The van der Waals surface area contributed by atoms with Crippen molar-refractivity contribution in [3.05, 3.63) is 29.8 Å². The van der Waals surface area contributed by atoms with Crippen LogP contribution in [0.1, 0.15) is 32.0 Å². The number of hydrogen-bond acceptors (Lipinski definition) is 3. The highest BCUT2D eigenvalue weighted by Gasteiger charge is 2.10. The first kappa shape index (κ1) is 14.3. The summed E-state index contributed by atoms with van der Waals surface area (Å²) in [5.74, 6) is 1.01. The average Bonchev–Trinajstić information content (AvgIpc) is 2.35. The summed E-state index contributed by atoms with van der Waals surface area (Å²) >= 11 is 0. The predicted octanol–water partition coefficient (Wildman–Crippen LogP) is 2.03. The topological polar surface area (TPSA) is 42.0 Å². The summed E-state index contributed by atoms with van der Waals surface area (Å²) < 4.78 is 24.0. The Kier molecular flexibility index (Phi) is 6.29. The van der Waals surface area contributed by atoms with E-state index in [9.17, 15) is 8.60 Å². The zero-order valence-corrected chi connectivity index (χ0v) is 11.1. The zero-order valence-electron chi connectivity index (χ0n) is 10.3. The molecule has 17 heavy (non-hydrogen) atoms. The molecule has 1 rings (SSSR count). The van der Waals surface area contributed by atoms with Gasteiger partial charge < -0.3 is 5.32 Å². The van der Waals surface area contributed by atoms with Gasteiger partial charge in [-0.3, -0.25) is 9.19 Å². The van der Waals surface area contributed by atoms with Gasteiger partial charge >= 0.3 is 0 Å². The van der Waals surface area contributed by atoms with E-state index in [0.29, 0.717) is 18.1 Å². The third kappa shape index (κ3) is 4.91. The fraction of sp³-hybridized carbons (Fsp3) is 0.583. The lowest BCUT2D eigenvalue weighted by molar-refractivity contribution is 0.521. The second-order valence-electron chi connectivity index (χ2n) is 3.75. The molecule has 0 aromatic carbocycles. The number of hydrogen-bond donors (Lipinski definition) is 1. The molecule has 0 amide bonds. The van der Waals surface area contributed by atoms with E-state index < -0.39 is 10.8 Å². The largest absolute Gasteiger partial charge is 0.308 e. The minimum atomic E-state index is -0.748. The summed E-state index contributed by atoms with van der Waals surface area (Å²) in [4.78, 5) is 4.05. The lowest BCUT2D eigenvalue weighted by atomic mass is 10.1. The summed E-state index contributed by atoms with van der Waals surface area (Å²) in [6, 6.07) is 3.20. The van der Waals surface area contributed by atoms with E-state index >= 15 is 0 Å². The van der Waals surface area contributed by atoms with Crippen LogP contribution in [0.4, 0.5) is 4.39 Å².